The van der Waals surface area contributed by atoms with Gasteiger partial charge in [0, 0.05) is 0 Å². The van der Waals surface area contributed by atoms with Gasteiger partial charge >= 0.3 is 0 Å². The van der Waals surface area contributed by atoms with Crippen molar-refractivity contribution in [3.05, 3.63) is 41.7 Å². The number of rotatable bonds is 1. The molecule has 0 atom stereocenters. The lowest BCUT2D eigenvalue weighted by molar-refractivity contribution is 0.309. The average Bonchev–Trinajstić information content (AvgIpc) is 2.71. The van der Waals surface area contributed by atoms with E-state index in [9.17, 15) is 0 Å². The fourth-order valence-corrected chi connectivity index (χ4v) is 2.50. The molecule has 0 saturated heterocycles. The van der Waals surface area contributed by atoms with Crippen LogP contribution in [0.15, 0.2) is 30.3 Å². The minimum absolute atomic E-state index is 0.366. The Morgan fingerprint density at radius 3 is 2.71 bits per heavy atom. The van der Waals surface area contributed by atoms with Crippen LogP contribution in [-0.4, -0.2) is 15.0 Å². The Morgan fingerprint density at radius 2 is 1.94 bits per heavy atom. The summed E-state index contributed by atoms with van der Waals surface area (Å²) in [5, 5.41) is 8.64. The predicted molar refractivity (Wildman–Crippen MR) is 67.2 cm³/mol. The van der Waals surface area contributed by atoms with E-state index in [0.717, 1.165) is 18.5 Å². The van der Waals surface area contributed by atoms with Crippen LogP contribution in [0.1, 0.15) is 31.7 Å². The van der Waals surface area contributed by atoms with Crippen molar-refractivity contribution in [3.8, 4) is 5.69 Å². The van der Waals surface area contributed by atoms with Gasteiger partial charge in [0.15, 0.2) is 0 Å². The molecule has 0 radical (unpaired) electrons. The lowest BCUT2D eigenvalue weighted by atomic mass is 9.78. The Kier molecular flexibility index (Phi) is 2.28. The van der Waals surface area contributed by atoms with Gasteiger partial charge in [-0.15, -0.1) is 5.10 Å². The van der Waals surface area contributed by atoms with Gasteiger partial charge in [-0.05, 0) is 36.8 Å². The molecule has 1 aromatic carbocycles. The van der Waals surface area contributed by atoms with Gasteiger partial charge in [0.05, 0.1) is 17.1 Å². The molecule has 0 bridgehead atoms. The molecular formula is C14H17N3. The smallest absolute Gasteiger partial charge is 0.0869 e. The largest absolute Gasteiger partial charge is 0.217 e. The second-order valence-electron chi connectivity index (χ2n) is 5.57. The average molecular weight is 227 g/mol. The molecule has 3 heteroatoms. The molecule has 0 fully saturated rings. The van der Waals surface area contributed by atoms with E-state index >= 15 is 0 Å². The fourth-order valence-electron chi connectivity index (χ4n) is 2.50. The lowest BCUT2D eigenvalue weighted by Crippen LogP contribution is -2.23. The second-order valence-corrected chi connectivity index (χ2v) is 5.57. The molecule has 3 rings (SSSR count). The van der Waals surface area contributed by atoms with Crippen molar-refractivity contribution in [2.24, 2.45) is 5.41 Å². The highest BCUT2D eigenvalue weighted by atomic mass is 15.4. The van der Waals surface area contributed by atoms with E-state index in [1.165, 1.54) is 17.8 Å². The van der Waals surface area contributed by atoms with Crippen LogP contribution in [0.5, 0.6) is 0 Å². The molecule has 2 aromatic rings. The van der Waals surface area contributed by atoms with E-state index in [0.29, 0.717) is 5.41 Å². The van der Waals surface area contributed by atoms with E-state index in [2.05, 4.69) is 36.3 Å². The first-order valence-corrected chi connectivity index (χ1v) is 6.15. The molecule has 3 nitrogen and oxygen atoms in total. The van der Waals surface area contributed by atoms with Crippen molar-refractivity contribution in [3.63, 3.8) is 0 Å². The molecule has 17 heavy (non-hydrogen) atoms. The van der Waals surface area contributed by atoms with Crippen LogP contribution in [0.2, 0.25) is 0 Å². The molecule has 1 aliphatic rings. The maximum Gasteiger partial charge on any atom is 0.0869 e. The highest BCUT2D eigenvalue weighted by Gasteiger charge is 2.29. The van der Waals surface area contributed by atoms with Crippen molar-refractivity contribution in [2.75, 3.05) is 0 Å². The Bertz CT molecular complexity index is 526. The van der Waals surface area contributed by atoms with Gasteiger partial charge in [-0.3, -0.25) is 0 Å². The normalized spacial score (nSPS) is 17.8. The summed E-state index contributed by atoms with van der Waals surface area (Å²) in [6.07, 6.45) is 3.32. The maximum absolute atomic E-state index is 4.34. The van der Waals surface area contributed by atoms with Crippen LogP contribution < -0.4 is 0 Å². The standard InChI is InChI=1S/C14H17N3/c1-14(2)9-8-13-12(10-14)15-16-17(13)11-6-4-3-5-7-11/h3-7H,8-10H2,1-2H3. The molecular weight excluding hydrogens is 210 g/mol. The summed E-state index contributed by atoms with van der Waals surface area (Å²) in [4.78, 5) is 0. The number of hydrogen-bond acceptors (Lipinski definition) is 2. The van der Waals surface area contributed by atoms with Crippen molar-refractivity contribution < 1.29 is 0 Å². The third kappa shape index (κ3) is 1.86. The minimum atomic E-state index is 0.366. The number of benzene rings is 1. The number of nitrogens with zero attached hydrogens (tertiary/aromatic N) is 3. The summed E-state index contributed by atoms with van der Waals surface area (Å²) >= 11 is 0. The summed E-state index contributed by atoms with van der Waals surface area (Å²) in [7, 11) is 0. The van der Waals surface area contributed by atoms with E-state index in [1.807, 2.05) is 22.9 Å². The van der Waals surface area contributed by atoms with Crippen LogP contribution in [-0.2, 0) is 12.8 Å². The Balaban J connectivity index is 2.03. The SMILES string of the molecule is CC1(C)CCc2c(nnn2-c2ccccc2)C1. The number of fused-ring (bicyclic) bond motifs is 1. The predicted octanol–water partition coefficient (Wildman–Crippen LogP) is 2.78. The first-order chi connectivity index (χ1) is 8.16. The zero-order valence-electron chi connectivity index (χ0n) is 10.3. The fraction of sp³-hybridized carbons (Fsp3) is 0.429. The number of aromatic nitrogens is 3. The van der Waals surface area contributed by atoms with Crippen LogP contribution in [0, 0.1) is 5.41 Å². The van der Waals surface area contributed by atoms with Gasteiger partial charge in [0.25, 0.3) is 0 Å². The molecule has 88 valence electrons. The number of para-hydroxylation sites is 1. The Labute approximate surface area is 101 Å². The van der Waals surface area contributed by atoms with Gasteiger partial charge < -0.3 is 0 Å². The summed E-state index contributed by atoms with van der Waals surface area (Å²) in [6, 6.07) is 10.3. The Hall–Kier alpha value is -1.64. The summed E-state index contributed by atoms with van der Waals surface area (Å²) in [5.41, 5.74) is 3.94. The van der Waals surface area contributed by atoms with E-state index < -0.39 is 0 Å². The molecule has 0 aliphatic heterocycles. The molecule has 0 unspecified atom stereocenters. The third-order valence-electron chi connectivity index (χ3n) is 3.53. The van der Waals surface area contributed by atoms with Crippen molar-refractivity contribution >= 4 is 0 Å². The molecule has 0 N–H and O–H groups in total. The summed E-state index contributed by atoms with van der Waals surface area (Å²) in [6.45, 7) is 4.61. The second kappa shape index (κ2) is 3.69. The van der Waals surface area contributed by atoms with E-state index in [4.69, 9.17) is 0 Å². The number of hydrogen-bond donors (Lipinski definition) is 0. The monoisotopic (exact) mass is 227 g/mol. The molecule has 1 heterocycles. The molecule has 0 saturated carbocycles. The minimum Gasteiger partial charge on any atom is -0.217 e. The molecule has 0 amide bonds. The van der Waals surface area contributed by atoms with Crippen LogP contribution in [0.4, 0.5) is 0 Å². The van der Waals surface area contributed by atoms with Gasteiger partial charge in [0.2, 0.25) is 0 Å². The van der Waals surface area contributed by atoms with E-state index in [1.54, 1.807) is 0 Å². The van der Waals surface area contributed by atoms with Crippen LogP contribution in [0.3, 0.4) is 0 Å². The first kappa shape index (κ1) is 10.5. The van der Waals surface area contributed by atoms with E-state index in [-0.39, 0.29) is 0 Å². The summed E-state index contributed by atoms with van der Waals surface area (Å²) in [5.74, 6) is 0. The highest BCUT2D eigenvalue weighted by molar-refractivity contribution is 5.34. The van der Waals surface area contributed by atoms with Crippen molar-refractivity contribution in [2.45, 2.75) is 33.1 Å². The van der Waals surface area contributed by atoms with Gasteiger partial charge in [-0.1, -0.05) is 37.3 Å². The summed E-state index contributed by atoms with van der Waals surface area (Å²) < 4.78 is 1.99. The van der Waals surface area contributed by atoms with Crippen molar-refractivity contribution in [1.29, 1.82) is 0 Å². The Morgan fingerprint density at radius 1 is 1.18 bits per heavy atom. The zero-order chi connectivity index (χ0) is 11.9. The quantitative estimate of drug-likeness (QED) is 0.750. The zero-order valence-corrected chi connectivity index (χ0v) is 10.3. The first-order valence-electron chi connectivity index (χ1n) is 6.15. The molecule has 1 aliphatic carbocycles. The van der Waals surface area contributed by atoms with Gasteiger partial charge in [0.1, 0.15) is 0 Å². The van der Waals surface area contributed by atoms with Gasteiger partial charge in [-0.25, -0.2) is 4.68 Å². The van der Waals surface area contributed by atoms with Gasteiger partial charge in [-0.2, -0.15) is 0 Å². The van der Waals surface area contributed by atoms with Crippen molar-refractivity contribution in [1.82, 2.24) is 15.0 Å². The topological polar surface area (TPSA) is 30.7 Å². The van der Waals surface area contributed by atoms with Crippen LogP contribution >= 0.6 is 0 Å². The third-order valence-corrected chi connectivity index (χ3v) is 3.53. The molecule has 0 spiro atoms. The lowest BCUT2D eigenvalue weighted by Gasteiger charge is -2.28. The maximum atomic E-state index is 4.34. The highest BCUT2D eigenvalue weighted by Crippen LogP contribution is 2.34. The molecule has 1 aromatic heterocycles. The van der Waals surface area contributed by atoms with Crippen LogP contribution in [0.25, 0.3) is 5.69 Å².